The van der Waals surface area contributed by atoms with Crippen LogP contribution in [0.4, 0.5) is 11.4 Å². The normalized spacial score (nSPS) is 11.1. The van der Waals surface area contributed by atoms with Crippen LogP contribution in [0.3, 0.4) is 0 Å². The first-order valence-electron chi connectivity index (χ1n) is 18.3. The predicted octanol–water partition coefficient (Wildman–Crippen LogP) is 11.3. The van der Waals surface area contributed by atoms with Gasteiger partial charge in [0.15, 0.2) is 0 Å². The molecule has 44 heavy (non-hydrogen) atoms. The van der Waals surface area contributed by atoms with Crippen LogP contribution >= 0.6 is 0 Å². The topological polar surface area (TPSA) is 58.2 Å². The van der Waals surface area contributed by atoms with Gasteiger partial charge in [0.05, 0.1) is 0 Å². The van der Waals surface area contributed by atoms with Crippen LogP contribution in [0.25, 0.3) is 0 Å². The summed E-state index contributed by atoms with van der Waals surface area (Å²) in [5.41, 5.74) is 9.47. The standard InChI is InChI=1S/C40H64N2O2/c1-7-13-15-16-17-18-19-20-21-22-23-25-38(44)42-40-35(11-5)29-32(30-36(40)12-6)26-31-27-33(9-3)39(34(10-4)28-31)41-37(43)24-14-8-2/h27-30H,7-26H2,1-6H3,(H,41,43)(H,42,44). The van der Waals surface area contributed by atoms with Crippen LogP contribution in [0.1, 0.15) is 171 Å². The Bertz CT molecular complexity index is 1090. The fourth-order valence-corrected chi connectivity index (χ4v) is 6.25. The Kier molecular flexibility index (Phi) is 18.8. The third-order valence-electron chi connectivity index (χ3n) is 8.95. The molecule has 0 aromatic heterocycles. The number of anilines is 2. The highest BCUT2D eigenvalue weighted by Gasteiger charge is 2.15. The summed E-state index contributed by atoms with van der Waals surface area (Å²) >= 11 is 0. The Morgan fingerprint density at radius 2 is 0.773 bits per heavy atom. The first-order valence-corrected chi connectivity index (χ1v) is 18.3. The fourth-order valence-electron chi connectivity index (χ4n) is 6.25. The maximum absolute atomic E-state index is 13.0. The zero-order chi connectivity index (χ0) is 32.2. The molecule has 0 saturated carbocycles. The Morgan fingerprint density at radius 1 is 0.455 bits per heavy atom. The molecule has 0 radical (unpaired) electrons. The number of unbranched alkanes of at least 4 members (excludes halogenated alkanes) is 11. The van der Waals surface area contributed by atoms with Gasteiger partial charge in [-0.3, -0.25) is 9.59 Å². The van der Waals surface area contributed by atoms with Crippen molar-refractivity contribution in [2.75, 3.05) is 10.6 Å². The van der Waals surface area contributed by atoms with Crippen molar-refractivity contribution in [2.45, 2.75) is 170 Å². The molecule has 246 valence electrons. The number of hydrogen-bond donors (Lipinski definition) is 2. The predicted molar refractivity (Wildman–Crippen MR) is 191 cm³/mol. The highest BCUT2D eigenvalue weighted by Crippen LogP contribution is 2.30. The molecule has 2 aromatic carbocycles. The van der Waals surface area contributed by atoms with Crippen molar-refractivity contribution in [3.8, 4) is 0 Å². The summed E-state index contributed by atoms with van der Waals surface area (Å²) in [4.78, 5) is 25.5. The van der Waals surface area contributed by atoms with Gasteiger partial charge in [0.2, 0.25) is 11.8 Å². The Hall–Kier alpha value is -2.62. The SMILES string of the molecule is CCCCCCCCCCCCCC(=O)Nc1c(CC)cc(Cc2cc(CC)c(NC(=O)CCCC)c(CC)c2)cc1CC. The van der Waals surface area contributed by atoms with Crippen molar-refractivity contribution >= 4 is 23.2 Å². The van der Waals surface area contributed by atoms with E-state index >= 15 is 0 Å². The zero-order valence-electron chi connectivity index (χ0n) is 29.3. The van der Waals surface area contributed by atoms with E-state index in [9.17, 15) is 9.59 Å². The summed E-state index contributed by atoms with van der Waals surface area (Å²) in [6, 6.07) is 9.12. The maximum Gasteiger partial charge on any atom is 0.224 e. The van der Waals surface area contributed by atoms with E-state index in [0.717, 1.165) is 69.2 Å². The average Bonchev–Trinajstić information content (AvgIpc) is 3.03. The number of carbonyl (C=O) groups is 2. The van der Waals surface area contributed by atoms with Gasteiger partial charge in [-0.2, -0.15) is 0 Å². The van der Waals surface area contributed by atoms with E-state index in [1.54, 1.807) is 0 Å². The van der Waals surface area contributed by atoms with Gasteiger partial charge in [-0.1, -0.05) is 136 Å². The lowest BCUT2D eigenvalue weighted by Gasteiger charge is -2.19. The quantitative estimate of drug-likeness (QED) is 0.124. The third-order valence-corrected chi connectivity index (χ3v) is 8.95. The van der Waals surface area contributed by atoms with Crippen LogP contribution in [0.2, 0.25) is 0 Å². The molecule has 0 aliphatic carbocycles. The Labute approximate surface area is 270 Å². The summed E-state index contributed by atoms with van der Waals surface area (Å²) < 4.78 is 0. The molecule has 4 nitrogen and oxygen atoms in total. The van der Waals surface area contributed by atoms with Gasteiger partial charge in [-0.15, -0.1) is 0 Å². The van der Waals surface area contributed by atoms with E-state index in [-0.39, 0.29) is 11.8 Å². The van der Waals surface area contributed by atoms with Gasteiger partial charge in [0.1, 0.15) is 0 Å². The second kappa shape index (κ2) is 22.0. The van der Waals surface area contributed by atoms with Gasteiger partial charge >= 0.3 is 0 Å². The molecule has 0 aliphatic heterocycles. The molecule has 0 atom stereocenters. The lowest BCUT2D eigenvalue weighted by molar-refractivity contribution is -0.117. The van der Waals surface area contributed by atoms with E-state index < -0.39 is 0 Å². The first kappa shape index (κ1) is 37.6. The van der Waals surface area contributed by atoms with Crippen molar-refractivity contribution in [1.29, 1.82) is 0 Å². The third kappa shape index (κ3) is 13.2. The van der Waals surface area contributed by atoms with Gasteiger partial charge in [-0.05, 0) is 78.3 Å². The van der Waals surface area contributed by atoms with E-state index in [4.69, 9.17) is 0 Å². The molecule has 0 saturated heterocycles. The summed E-state index contributed by atoms with van der Waals surface area (Å²) in [6.07, 6.45) is 21.7. The number of rotatable bonds is 23. The minimum atomic E-state index is 0.116. The maximum atomic E-state index is 13.0. The zero-order valence-corrected chi connectivity index (χ0v) is 29.3. The monoisotopic (exact) mass is 604 g/mol. The largest absolute Gasteiger partial charge is 0.326 e. The molecule has 0 fully saturated rings. The minimum absolute atomic E-state index is 0.116. The smallest absolute Gasteiger partial charge is 0.224 e. The lowest BCUT2D eigenvalue weighted by atomic mass is 9.92. The highest BCUT2D eigenvalue weighted by molar-refractivity contribution is 5.93. The molecule has 2 rings (SSSR count). The molecule has 2 amide bonds. The molecule has 2 N–H and O–H groups in total. The molecule has 0 aliphatic rings. The summed E-state index contributed by atoms with van der Waals surface area (Å²) in [5, 5.41) is 6.53. The van der Waals surface area contributed by atoms with Gasteiger partial charge in [0.25, 0.3) is 0 Å². The Morgan fingerprint density at radius 3 is 1.11 bits per heavy atom. The van der Waals surface area contributed by atoms with Crippen LogP contribution in [-0.2, 0) is 41.7 Å². The number of nitrogens with one attached hydrogen (secondary N) is 2. The molecule has 0 heterocycles. The van der Waals surface area contributed by atoms with Gasteiger partial charge < -0.3 is 10.6 Å². The second-order valence-electron chi connectivity index (χ2n) is 12.7. The van der Waals surface area contributed by atoms with E-state index in [1.165, 1.54) is 91.2 Å². The summed E-state index contributed by atoms with van der Waals surface area (Å²) in [5.74, 6) is 0.264. The summed E-state index contributed by atoms with van der Waals surface area (Å²) in [7, 11) is 0. The molecular formula is C40H64N2O2. The van der Waals surface area contributed by atoms with E-state index in [2.05, 4.69) is 76.4 Å². The number of carbonyl (C=O) groups excluding carboxylic acids is 2. The number of benzene rings is 2. The number of aryl methyl sites for hydroxylation is 4. The molecule has 4 heteroatoms. The van der Waals surface area contributed by atoms with Gasteiger partial charge in [0, 0.05) is 24.2 Å². The Balaban J connectivity index is 2.00. The molecule has 0 bridgehead atoms. The molecule has 0 spiro atoms. The fraction of sp³-hybridized carbons (Fsp3) is 0.650. The minimum Gasteiger partial charge on any atom is -0.326 e. The van der Waals surface area contributed by atoms with Crippen LogP contribution in [-0.4, -0.2) is 11.8 Å². The van der Waals surface area contributed by atoms with Crippen molar-refractivity contribution in [3.63, 3.8) is 0 Å². The van der Waals surface area contributed by atoms with Crippen molar-refractivity contribution in [2.24, 2.45) is 0 Å². The van der Waals surface area contributed by atoms with Crippen LogP contribution in [0.5, 0.6) is 0 Å². The number of hydrogen-bond acceptors (Lipinski definition) is 2. The summed E-state index contributed by atoms with van der Waals surface area (Å²) in [6.45, 7) is 13.1. The van der Waals surface area contributed by atoms with Crippen molar-refractivity contribution in [3.05, 3.63) is 57.6 Å². The van der Waals surface area contributed by atoms with Crippen LogP contribution in [0, 0.1) is 0 Å². The molecule has 2 aromatic rings. The second-order valence-corrected chi connectivity index (χ2v) is 12.7. The highest BCUT2D eigenvalue weighted by atomic mass is 16.2. The van der Waals surface area contributed by atoms with Crippen LogP contribution in [0.15, 0.2) is 24.3 Å². The van der Waals surface area contributed by atoms with Crippen LogP contribution < -0.4 is 10.6 Å². The number of amides is 2. The molecular weight excluding hydrogens is 540 g/mol. The molecule has 0 unspecified atom stereocenters. The van der Waals surface area contributed by atoms with E-state index in [1.807, 2.05) is 0 Å². The average molecular weight is 605 g/mol. The van der Waals surface area contributed by atoms with Gasteiger partial charge in [-0.25, -0.2) is 0 Å². The van der Waals surface area contributed by atoms with E-state index in [0.29, 0.717) is 12.8 Å². The van der Waals surface area contributed by atoms with Crippen molar-refractivity contribution < 1.29 is 9.59 Å². The first-order chi connectivity index (χ1) is 21.4. The lowest BCUT2D eigenvalue weighted by Crippen LogP contribution is -2.15. The van der Waals surface area contributed by atoms with Crippen molar-refractivity contribution in [1.82, 2.24) is 0 Å².